The number of amides is 1. The molecule has 1 aromatic carbocycles. The Kier molecular flexibility index (Phi) is 5.15. The van der Waals surface area contributed by atoms with E-state index in [0.29, 0.717) is 17.4 Å². The second kappa shape index (κ2) is 8.05. The Bertz CT molecular complexity index is 1210. The van der Waals surface area contributed by atoms with Gasteiger partial charge in [0.25, 0.3) is 5.56 Å². The van der Waals surface area contributed by atoms with Gasteiger partial charge in [0.2, 0.25) is 5.91 Å². The lowest BCUT2D eigenvalue weighted by Crippen LogP contribution is -2.27. The van der Waals surface area contributed by atoms with Crippen LogP contribution in [0.4, 0.5) is 0 Å². The third-order valence-corrected chi connectivity index (χ3v) is 4.71. The van der Waals surface area contributed by atoms with Gasteiger partial charge < -0.3 is 5.32 Å². The Morgan fingerprint density at radius 2 is 1.97 bits per heavy atom. The first-order valence-corrected chi connectivity index (χ1v) is 9.26. The predicted octanol–water partition coefficient (Wildman–Crippen LogP) is 1.90. The highest BCUT2D eigenvalue weighted by Crippen LogP contribution is 2.15. The van der Waals surface area contributed by atoms with Gasteiger partial charge >= 0.3 is 0 Å². The van der Waals surface area contributed by atoms with Crippen LogP contribution in [0.15, 0.2) is 66.0 Å². The number of hydrogen-bond acceptors (Lipinski definition) is 5. The van der Waals surface area contributed by atoms with E-state index in [1.807, 2.05) is 31.3 Å². The second-order valence-corrected chi connectivity index (χ2v) is 6.68. The molecule has 1 amide bonds. The fraction of sp³-hybridized carbons (Fsp3) is 0.190. The average molecular weight is 388 g/mol. The van der Waals surface area contributed by atoms with Crippen LogP contribution in [0.1, 0.15) is 12.0 Å². The van der Waals surface area contributed by atoms with Gasteiger partial charge in [-0.15, -0.1) is 0 Å². The Hall–Kier alpha value is -3.81. The molecule has 3 heterocycles. The lowest BCUT2D eigenvalue weighted by atomic mass is 10.2. The quantitative estimate of drug-likeness (QED) is 0.544. The zero-order valence-electron chi connectivity index (χ0n) is 15.9. The summed E-state index contributed by atoms with van der Waals surface area (Å²) in [4.78, 5) is 33.3. The van der Waals surface area contributed by atoms with Crippen molar-refractivity contribution in [1.82, 2.24) is 29.6 Å². The van der Waals surface area contributed by atoms with Crippen LogP contribution in [0.3, 0.4) is 0 Å². The van der Waals surface area contributed by atoms with Gasteiger partial charge in [-0.25, -0.2) is 4.98 Å². The predicted molar refractivity (Wildman–Crippen MR) is 109 cm³/mol. The van der Waals surface area contributed by atoms with Crippen LogP contribution in [-0.4, -0.2) is 30.2 Å². The number of rotatable bonds is 6. The lowest BCUT2D eigenvalue weighted by Gasteiger charge is -2.08. The number of nitrogens with zero attached hydrogens (tertiary/aromatic N) is 5. The number of aryl methyl sites for hydroxylation is 2. The van der Waals surface area contributed by atoms with Crippen molar-refractivity contribution < 1.29 is 4.79 Å². The summed E-state index contributed by atoms with van der Waals surface area (Å²) in [6.07, 6.45) is 5.14. The molecule has 0 fully saturated rings. The largest absolute Gasteiger partial charge is 0.352 e. The van der Waals surface area contributed by atoms with E-state index in [4.69, 9.17) is 0 Å². The summed E-state index contributed by atoms with van der Waals surface area (Å²) in [6.45, 7) is 0.655. The van der Waals surface area contributed by atoms with Gasteiger partial charge in [-0.2, -0.15) is 5.10 Å². The summed E-state index contributed by atoms with van der Waals surface area (Å²) in [6, 6.07) is 12.9. The molecular formula is C21H20N6O2. The lowest BCUT2D eigenvalue weighted by molar-refractivity contribution is -0.121. The number of pyridine rings is 1. The third-order valence-electron chi connectivity index (χ3n) is 4.71. The van der Waals surface area contributed by atoms with Gasteiger partial charge in [-0.05, 0) is 29.8 Å². The van der Waals surface area contributed by atoms with E-state index in [2.05, 4.69) is 20.4 Å². The molecule has 146 valence electrons. The van der Waals surface area contributed by atoms with Crippen molar-refractivity contribution in [2.75, 3.05) is 0 Å². The number of fused-ring (bicyclic) bond motifs is 1. The van der Waals surface area contributed by atoms with Crippen molar-refractivity contribution in [2.45, 2.75) is 19.5 Å². The number of carbonyl (C=O) groups excluding carboxylic acids is 1. The monoisotopic (exact) mass is 388 g/mol. The Balaban J connectivity index is 1.33. The Labute approximate surface area is 166 Å². The fourth-order valence-electron chi connectivity index (χ4n) is 3.08. The highest BCUT2D eigenvalue weighted by atomic mass is 16.1. The van der Waals surface area contributed by atoms with Gasteiger partial charge in [0, 0.05) is 39.0 Å². The summed E-state index contributed by atoms with van der Waals surface area (Å²) >= 11 is 0. The highest BCUT2D eigenvalue weighted by Gasteiger charge is 2.07. The molecule has 29 heavy (non-hydrogen) atoms. The van der Waals surface area contributed by atoms with E-state index in [-0.39, 0.29) is 24.4 Å². The van der Waals surface area contributed by atoms with Crippen LogP contribution in [0.25, 0.3) is 22.3 Å². The number of nitrogens with one attached hydrogen (secondary N) is 1. The van der Waals surface area contributed by atoms with Crippen LogP contribution < -0.4 is 10.9 Å². The molecule has 1 N–H and O–H groups in total. The molecule has 4 aromatic rings. The van der Waals surface area contributed by atoms with E-state index < -0.39 is 0 Å². The van der Waals surface area contributed by atoms with Crippen molar-refractivity contribution in [1.29, 1.82) is 0 Å². The van der Waals surface area contributed by atoms with Crippen LogP contribution >= 0.6 is 0 Å². The molecule has 0 atom stereocenters. The van der Waals surface area contributed by atoms with Crippen LogP contribution in [0, 0.1) is 0 Å². The topological polar surface area (TPSA) is 94.7 Å². The molecule has 0 unspecified atom stereocenters. The minimum absolute atomic E-state index is 0.138. The average Bonchev–Trinajstić information content (AvgIpc) is 3.18. The fourth-order valence-corrected chi connectivity index (χ4v) is 3.08. The van der Waals surface area contributed by atoms with Crippen molar-refractivity contribution in [3.63, 3.8) is 0 Å². The minimum atomic E-state index is -0.140. The molecule has 0 aliphatic heterocycles. The second-order valence-electron chi connectivity index (χ2n) is 6.68. The number of para-hydroxylation sites is 1. The number of hydrogen-bond donors (Lipinski definition) is 1. The Morgan fingerprint density at radius 1 is 1.10 bits per heavy atom. The van der Waals surface area contributed by atoms with Gasteiger partial charge in [0.05, 0.1) is 28.6 Å². The van der Waals surface area contributed by atoms with E-state index in [1.54, 1.807) is 35.3 Å². The molecule has 4 rings (SSSR count). The van der Waals surface area contributed by atoms with Crippen molar-refractivity contribution in [2.24, 2.45) is 7.05 Å². The molecule has 0 bridgehead atoms. The normalized spacial score (nSPS) is 10.9. The first-order valence-electron chi connectivity index (χ1n) is 9.26. The standard InChI is InChI=1S/C21H20N6O2/c1-26-19(8-10-25-26)18-7-6-15(12-22-18)13-23-20(28)9-11-27-14-24-17-5-3-2-4-16(17)21(27)29/h2-8,10,12,14H,9,11,13H2,1H3,(H,23,28). The number of aromatic nitrogens is 5. The molecule has 0 spiro atoms. The van der Waals surface area contributed by atoms with Gasteiger partial charge in [-0.3, -0.25) is 23.8 Å². The molecular weight excluding hydrogens is 368 g/mol. The van der Waals surface area contributed by atoms with Crippen molar-refractivity contribution in [3.05, 3.63) is 77.1 Å². The first-order chi connectivity index (χ1) is 14.1. The maximum atomic E-state index is 12.5. The van der Waals surface area contributed by atoms with E-state index >= 15 is 0 Å². The van der Waals surface area contributed by atoms with E-state index in [1.165, 1.54) is 10.9 Å². The smallest absolute Gasteiger partial charge is 0.261 e. The molecule has 0 saturated carbocycles. The zero-order chi connectivity index (χ0) is 20.2. The summed E-state index contributed by atoms with van der Waals surface area (Å²) in [5.74, 6) is -0.138. The molecule has 8 heteroatoms. The number of benzene rings is 1. The van der Waals surface area contributed by atoms with E-state index in [0.717, 1.165) is 17.0 Å². The van der Waals surface area contributed by atoms with Crippen molar-refractivity contribution in [3.8, 4) is 11.4 Å². The third kappa shape index (κ3) is 4.06. The summed E-state index contributed by atoms with van der Waals surface area (Å²) in [5.41, 5.74) is 3.16. The van der Waals surface area contributed by atoms with Gasteiger partial charge in [-0.1, -0.05) is 18.2 Å². The van der Waals surface area contributed by atoms with Crippen LogP contribution in [0.2, 0.25) is 0 Å². The first kappa shape index (κ1) is 18.5. The molecule has 3 aromatic heterocycles. The molecule has 0 aliphatic carbocycles. The molecule has 0 saturated heterocycles. The molecule has 0 radical (unpaired) electrons. The maximum Gasteiger partial charge on any atom is 0.261 e. The molecule has 8 nitrogen and oxygen atoms in total. The summed E-state index contributed by atoms with van der Waals surface area (Å²) in [7, 11) is 1.86. The van der Waals surface area contributed by atoms with Gasteiger partial charge in [0.1, 0.15) is 0 Å². The van der Waals surface area contributed by atoms with E-state index in [9.17, 15) is 9.59 Å². The Morgan fingerprint density at radius 3 is 2.72 bits per heavy atom. The van der Waals surface area contributed by atoms with Crippen LogP contribution in [-0.2, 0) is 24.9 Å². The molecule has 0 aliphatic rings. The minimum Gasteiger partial charge on any atom is -0.352 e. The van der Waals surface area contributed by atoms with Gasteiger partial charge in [0.15, 0.2) is 0 Å². The maximum absolute atomic E-state index is 12.5. The highest BCUT2D eigenvalue weighted by molar-refractivity contribution is 5.77. The summed E-state index contributed by atoms with van der Waals surface area (Å²) < 4.78 is 3.22. The number of carbonyl (C=O) groups is 1. The SMILES string of the molecule is Cn1nccc1-c1ccc(CNC(=O)CCn2cnc3ccccc3c2=O)cn1. The zero-order valence-corrected chi connectivity index (χ0v) is 15.9. The van der Waals surface area contributed by atoms with Crippen molar-refractivity contribution >= 4 is 16.8 Å². The summed E-state index contributed by atoms with van der Waals surface area (Å²) in [5, 5.41) is 7.54. The van der Waals surface area contributed by atoms with Crippen LogP contribution in [0.5, 0.6) is 0 Å².